The number of carbonyl (C=O) groups excluding carboxylic acids is 1. The molecule has 6 heteroatoms. The van der Waals surface area contributed by atoms with E-state index in [1.807, 2.05) is 42.0 Å². The molecule has 0 aliphatic carbocycles. The average Bonchev–Trinajstić information content (AvgIpc) is 2.53. The third-order valence-corrected chi connectivity index (χ3v) is 5.00. The molecule has 2 rings (SSSR count). The Morgan fingerprint density at radius 1 is 1.08 bits per heavy atom. The van der Waals surface area contributed by atoms with E-state index >= 15 is 0 Å². The molecule has 128 valence electrons. The predicted molar refractivity (Wildman–Crippen MR) is 91.9 cm³/mol. The Labute approximate surface area is 142 Å². The Morgan fingerprint density at radius 3 is 2.33 bits per heavy atom. The first-order valence-corrected chi connectivity index (χ1v) is 9.19. The van der Waals surface area contributed by atoms with Crippen LogP contribution in [0.3, 0.4) is 0 Å². The number of hydrogen-bond donors (Lipinski definition) is 2. The van der Waals surface area contributed by atoms with Crippen molar-refractivity contribution in [2.75, 3.05) is 0 Å². The zero-order valence-corrected chi connectivity index (χ0v) is 14.3. The van der Waals surface area contributed by atoms with Gasteiger partial charge < -0.3 is 5.11 Å². The number of amides is 1. The Kier molecular flexibility index (Phi) is 6.11. The van der Waals surface area contributed by atoms with Crippen molar-refractivity contribution in [3.05, 3.63) is 65.7 Å². The largest absolute Gasteiger partial charge is 0.393 e. The van der Waals surface area contributed by atoms with Gasteiger partial charge in [-0.15, -0.1) is 0 Å². The molecule has 0 heterocycles. The molecule has 0 aliphatic rings. The number of aryl methyl sites for hydroxylation is 2. The molecule has 0 saturated heterocycles. The molecule has 0 spiro atoms. The van der Waals surface area contributed by atoms with Crippen molar-refractivity contribution in [3.63, 3.8) is 0 Å². The van der Waals surface area contributed by atoms with E-state index in [-0.39, 0.29) is 11.3 Å². The van der Waals surface area contributed by atoms with E-state index in [2.05, 4.69) is 0 Å². The maximum atomic E-state index is 12.1. The summed E-state index contributed by atoms with van der Waals surface area (Å²) in [5.41, 5.74) is 1.99. The highest BCUT2D eigenvalue weighted by atomic mass is 32.2. The Bertz CT molecular complexity index is 770. The third-order valence-electron chi connectivity index (χ3n) is 3.61. The van der Waals surface area contributed by atoms with E-state index in [4.69, 9.17) is 0 Å². The van der Waals surface area contributed by atoms with Crippen molar-refractivity contribution >= 4 is 15.9 Å². The van der Waals surface area contributed by atoms with Crippen LogP contribution in [0.15, 0.2) is 59.5 Å². The minimum Gasteiger partial charge on any atom is -0.393 e. The molecule has 0 aromatic heterocycles. The van der Waals surface area contributed by atoms with E-state index < -0.39 is 22.0 Å². The van der Waals surface area contributed by atoms with Gasteiger partial charge in [-0.25, -0.2) is 13.1 Å². The normalized spacial score (nSPS) is 12.6. The first kappa shape index (κ1) is 18.2. The van der Waals surface area contributed by atoms with Crippen molar-refractivity contribution in [2.24, 2.45) is 0 Å². The number of benzene rings is 2. The Hall–Kier alpha value is -2.18. The molecule has 1 atom stereocenters. The fourth-order valence-corrected chi connectivity index (χ4v) is 3.26. The summed E-state index contributed by atoms with van der Waals surface area (Å²) < 4.78 is 26.2. The first-order chi connectivity index (χ1) is 11.4. The zero-order valence-electron chi connectivity index (χ0n) is 13.5. The monoisotopic (exact) mass is 347 g/mol. The number of sulfonamides is 1. The lowest BCUT2D eigenvalue weighted by Crippen LogP contribution is -2.33. The molecule has 0 aliphatic heterocycles. The molecule has 2 N–H and O–H groups in total. The fourth-order valence-electron chi connectivity index (χ4n) is 2.26. The Balaban J connectivity index is 1.86. The van der Waals surface area contributed by atoms with Crippen molar-refractivity contribution in [1.29, 1.82) is 0 Å². The lowest BCUT2D eigenvalue weighted by atomic mass is 10.1. The Morgan fingerprint density at radius 2 is 1.71 bits per heavy atom. The highest BCUT2D eigenvalue weighted by molar-refractivity contribution is 7.90. The minimum atomic E-state index is -3.90. The van der Waals surface area contributed by atoms with Crippen LogP contribution in [0, 0.1) is 6.92 Å². The summed E-state index contributed by atoms with van der Waals surface area (Å²) in [5, 5.41) is 9.93. The first-order valence-electron chi connectivity index (χ1n) is 7.71. The van der Waals surface area contributed by atoms with E-state index in [0.717, 1.165) is 11.1 Å². The summed E-state index contributed by atoms with van der Waals surface area (Å²) in [7, 11) is -3.90. The van der Waals surface area contributed by atoms with E-state index in [0.29, 0.717) is 12.8 Å². The topological polar surface area (TPSA) is 83.5 Å². The van der Waals surface area contributed by atoms with Crippen LogP contribution in [0.1, 0.15) is 24.0 Å². The van der Waals surface area contributed by atoms with Crippen LogP contribution in [0.5, 0.6) is 0 Å². The molecular formula is C18H21NO4S. The summed E-state index contributed by atoms with van der Waals surface area (Å²) in [6, 6.07) is 15.8. The summed E-state index contributed by atoms with van der Waals surface area (Å²) in [6.45, 7) is 1.85. The maximum absolute atomic E-state index is 12.1. The van der Waals surface area contributed by atoms with Crippen LogP contribution < -0.4 is 4.72 Å². The summed E-state index contributed by atoms with van der Waals surface area (Å²) in [4.78, 5) is 11.9. The highest BCUT2D eigenvalue weighted by Crippen LogP contribution is 2.11. The van der Waals surface area contributed by atoms with E-state index in [1.54, 1.807) is 12.1 Å². The van der Waals surface area contributed by atoms with Crippen molar-refractivity contribution in [1.82, 2.24) is 4.72 Å². The van der Waals surface area contributed by atoms with Crippen LogP contribution in [0.4, 0.5) is 0 Å². The molecule has 2 aromatic rings. The quantitative estimate of drug-likeness (QED) is 0.804. The number of aliphatic hydroxyl groups is 1. The lowest BCUT2D eigenvalue weighted by Gasteiger charge is -2.11. The number of aliphatic hydroxyl groups excluding tert-OH is 1. The second kappa shape index (κ2) is 8.08. The standard InChI is InChI=1S/C18H21NO4S/c1-14-7-11-17(12-8-14)24(22,23)19-18(21)13-16(20)10-9-15-5-3-2-4-6-15/h2-8,11-12,16,20H,9-10,13H2,1H3,(H,19,21). The van der Waals surface area contributed by atoms with Gasteiger partial charge in [0.15, 0.2) is 0 Å². The molecule has 0 saturated carbocycles. The van der Waals surface area contributed by atoms with Gasteiger partial charge in [0.2, 0.25) is 5.91 Å². The second-order valence-electron chi connectivity index (χ2n) is 5.72. The fraction of sp³-hybridized carbons (Fsp3) is 0.278. The average molecular weight is 347 g/mol. The molecular weight excluding hydrogens is 326 g/mol. The number of hydrogen-bond acceptors (Lipinski definition) is 4. The maximum Gasteiger partial charge on any atom is 0.264 e. The predicted octanol–water partition coefficient (Wildman–Crippen LogP) is 2.18. The van der Waals surface area contributed by atoms with E-state index in [1.165, 1.54) is 12.1 Å². The van der Waals surface area contributed by atoms with Gasteiger partial charge in [0.05, 0.1) is 17.4 Å². The SMILES string of the molecule is Cc1ccc(S(=O)(=O)NC(=O)CC(O)CCc2ccccc2)cc1. The second-order valence-corrected chi connectivity index (χ2v) is 7.41. The van der Waals surface area contributed by atoms with Gasteiger partial charge in [-0.05, 0) is 37.5 Å². The van der Waals surface area contributed by atoms with Crippen molar-refractivity contribution in [2.45, 2.75) is 37.2 Å². The van der Waals surface area contributed by atoms with E-state index in [9.17, 15) is 18.3 Å². The molecule has 0 bridgehead atoms. The van der Waals surface area contributed by atoms with Gasteiger partial charge in [-0.3, -0.25) is 4.79 Å². The molecule has 2 aromatic carbocycles. The van der Waals surface area contributed by atoms with Crippen molar-refractivity contribution in [3.8, 4) is 0 Å². The van der Waals surface area contributed by atoms with Crippen molar-refractivity contribution < 1.29 is 18.3 Å². The molecule has 1 unspecified atom stereocenters. The highest BCUT2D eigenvalue weighted by Gasteiger charge is 2.19. The van der Waals surface area contributed by atoms with Gasteiger partial charge in [0, 0.05) is 0 Å². The lowest BCUT2D eigenvalue weighted by molar-refractivity contribution is -0.121. The van der Waals surface area contributed by atoms with Crippen LogP contribution in [-0.2, 0) is 21.2 Å². The van der Waals surface area contributed by atoms with Gasteiger partial charge in [-0.2, -0.15) is 0 Å². The van der Waals surface area contributed by atoms with Gasteiger partial charge in [-0.1, -0.05) is 48.0 Å². The minimum absolute atomic E-state index is 0.0280. The molecule has 0 fully saturated rings. The number of nitrogens with one attached hydrogen (secondary N) is 1. The van der Waals surface area contributed by atoms with Crippen LogP contribution in [0.2, 0.25) is 0 Å². The smallest absolute Gasteiger partial charge is 0.264 e. The summed E-state index contributed by atoms with van der Waals surface area (Å²) >= 11 is 0. The van der Waals surface area contributed by atoms with Gasteiger partial charge in [0.25, 0.3) is 10.0 Å². The van der Waals surface area contributed by atoms with Crippen LogP contribution in [0.25, 0.3) is 0 Å². The third kappa shape index (κ3) is 5.47. The summed E-state index contributed by atoms with van der Waals surface area (Å²) in [5.74, 6) is -0.712. The van der Waals surface area contributed by atoms with Gasteiger partial charge >= 0.3 is 0 Å². The summed E-state index contributed by atoms with van der Waals surface area (Å²) in [6.07, 6.45) is -0.127. The molecule has 0 radical (unpaired) electrons. The number of carbonyl (C=O) groups is 1. The molecule has 5 nitrogen and oxygen atoms in total. The van der Waals surface area contributed by atoms with Gasteiger partial charge in [0.1, 0.15) is 0 Å². The number of rotatable bonds is 7. The van der Waals surface area contributed by atoms with Crippen LogP contribution >= 0.6 is 0 Å². The molecule has 1 amide bonds. The van der Waals surface area contributed by atoms with Crippen LogP contribution in [-0.4, -0.2) is 25.5 Å². The molecule has 24 heavy (non-hydrogen) atoms. The zero-order chi connectivity index (χ0) is 17.6.